The summed E-state index contributed by atoms with van der Waals surface area (Å²) in [5.41, 5.74) is 3.44. The molecule has 0 radical (unpaired) electrons. The van der Waals surface area contributed by atoms with E-state index in [1.165, 1.54) is 6.92 Å². The van der Waals surface area contributed by atoms with Crippen molar-refractivity contribution in [3.8, 4) is 5.69 Å². The van der Waals surface area contributed by atoms with Gasteiger partial charge < -0.3 is 4.74 Å². The van der Waals surface area contributed by atoms with E-state index in [2.05, 4.69) is 25.9 Å². The normalized spacial score (nSPS) is 10.8. The summed E-state index contributed by atoms with van der Waals surface area (Å²) in [5, 5.41) is 0. The average Bonchev–Trinajstić information content (AvgIpc) is 2.88. The Kier molecular flexibility index (Phi) is 3.70. The quantitative estimate of drug-likeness (QED) is 0.540. The standard InChI is InChI=1S/C15H12BrN3O2/c1-10(20)21-8-11-3-2-4-12(7-11)19-9-17-13-5-6-14(16)18-15(13)19/h2-7,9H,8H2,1H3. The van der Waals surface area contributed by atoms with E-state index in [1.807, 2.05) is 41.0 Å². The maximum atomic E-state index is 10.9. The van der Waals surface area contributed by atoms with Crippen LogP contribution < -0.4 is 0 Å². The molecule has 0 N–H and O–H groups in total. The Morgan fingerprint density at radius 3 is 3.00 bits per heavy atom. The van der Waals surface area contributed by atoms with Gasteiger partial charge in [-0.3, -0.25) is 9.36 Å². The number of nitrogens with zero attached hydrogens (tertiary/aromatic N) is 3. The molecule has 0 spiro atoms. The number of imidazole rings is 1. The van der Waals surface area contributed by atoms with Gasteiger partial charge in [0.25, 0.3) is 0 Å². The molecule has 0 atom stereocenters. The number of hydrogen-bond donors (Lipinski definition) is 0. The van der Waals surface area contributed by atoms with Gasteiger partial charge in [-0.2, -0.15) is 0 Å². The van der Waals surface area contributed by atoms with Crippen LogP contribution in [0.4, 0.5) is 0 Å². The van der Waals surface area contributed by atoms with Crippen molar-refractivity contribution < 1.29 is 9.53 Å². The van der Waals surface area contributed by atoms with Gasteiger partial charge in [-0.15, -0.1) is 0 Å². The molecule has 0 unspecified atom stereocenters. The van der Waals surface area contributed by atoms with Crippen molar-refractivity contribution in [3.05, 3.63) is 52.9 Å². The number of benzene rings is 1. The first kappa shape index (κ1) is 13.8. The van der Waals surface area contributed by atoms with Gasteiger partial charge in [-0.25, -0.2) is 9.97 Å². The highest BCUT2D eigenvalue weighted by Crippen LogP contribution is 2.19. The molecule has 21 heavy (non-hydrogen) atoms. The summed E-state index contributed by atoms with van der Waals surface area (Å²) in [6, 6.07) is 11.5. The molecule has 2 aromatic heterocycles. The van der Waals surface area contributed by atoms with Crippen LogP contribution in [0, 0.1) is 0 Å². The van der Waals surface area contributed by atoms with Gasteiger partial charge in [-0.05, 0) is 45.8 Å². The summed E-state index contributed by atoms with van der Waals surface area (Å²) in [7, 11) is 0. The van der Waals surface area contributed by atoms with Crippen LogP contribution in [0.1, 0.15) is 12.5 Å². The van der Waals surface area contributed by atoms with E-state index < -0.39 is 0 Å². The summed E-state index contributed by atoms with van der Waals surface area (Å²) in [6.45, 7) is 1.65. The van der Waals surface area contributed by atoms with E-state index in [1.54, 1.807) is 6.33 Å². The molecule has 5 nitrogen and oxygen atoms in total. The molecule has 3 rings (SSSR count). The van der Waals surface area contributed by atoms with Gasteiger partial charge in [-0.1, -0.05) is 12.1 Å². The fourth-order valence-electron chi connectivity index (χ4n) is 2.04. The number of aromatic nitrogens is 3. The van der Waals surface area contributed by atoms with Crippen molar-refractivity contribution in [2.24, 2.45) is 0 Å². The number of fused-ring (bicyclic) bond motifs is 1. The summed E-state index contributed by atoms with van der Waals surface area (Å²) < 4.78 is 7.68. The summed E-state index contributed by atoms with van der Waals surface area (Å²) >= 11 is 3.37. The van der Waals surface area contributed by atoms with Gasteiger partial charge in [0.1, 0.15) is 23.1 Å². The van der Waals surface area contributed by atoms with E-state index in [-0.39, 0.29) is 12.6 Å². The number of rotatable bonds is 3. The van der Waals surface area contributed by atoms with Crippen molar-refractivity contribution >= 4 is 33.1 Å². The molecule has 106 valence electrons. The van der Waals surface area contributed by atoms with Crippen LogP contribution in [0.5, 0.6) is 0 Å². The van der Waals surface area contributed by atoms with E-state index in [0.29, 0.717) is 0 Å². The van der Waals surface area contributed by atoms with E-state index >= 15 is 0 Å². The number of ether oxygens (including phenoxy) is 1. The lowest BCUT2D eigenvalue weighted by atomic mass is 10.2. The van der Waals surface area contributed by atoms with Crippen molar-refractivity contribution in [1.29, 1.82) is 0 Å². The second-order valence-electron chi connectivity index (χ2n) is 4.54. The highest BCUT2D eigenvalue weighted by Gasteiger charge is 2.07. The molecule has 0 saturated heterocycles. The third-order valence-electron chi connectivity index (χ3n) is 2.99. The molecule has 0 bridgehead atoms. The third-order valence-corrected chi connectivity index (χ3v) is 3.43. The first-order valence-electron chi connectivity index (χ1n) is 6.36. The average molecular weight is 346 g/mol. The van der Waals surface area contributed by atoms with Crippen LogP contribution in [0.25, 0.3) is 16.9 Å². The Morgan fingerprint density at radius 1 is 1.33 bits per heavy atom. The smallest absolute Gasteiger partial charge is 0.302 e. The van der Waals surface area contributed by atoms with Crippen LogP contribution in [-0.2, 0) is 16.1 Å². The molecule has 0 saturated carbocycles. The van der Waals surface area contributed by atoms with Crippen molar-refractivity contribution in [2.75, 3.05) is 0 Å². The van der Waals surface area contributed by atoms with Crippen molar-refractivity contribution in [3.63, 3.8) is 0 Å². The minimum absolute atomic E-state index is 0.257. The Morgan fingerprint density at radius 2 is 2.19 bits per heavy atom. The molecular formula is C15H12BrN3O2. The number of carbonyl (C=O) groups is 1. The van der Waals surface area contributed by atoms with Crippen LogP contribution in [0.2, 0.25) is 0 Å². The lowest BCUT2D eigenvalue weighted by Gasteiger charge is -2.07. The Bertz CT molecular complexity index is 814. The molecule has 6 heteroatoms. The topological polar surface area (TPSA) is 57.0 Å². The van der Waals surface area contributed by atoms with E-state index in [4.69, 9.17) is 4.74 Å². The van der Waals surface area contributed by atoms with Gasteiger partial charge >= 0.3 is 5.97 Å². The van der Waals surface area contributed by atoms with Crippen molar-refractivity contribution in [2.45, 2.75) is 13.5 Å². The molecule has 0 aliphatic heterocycles. The molecule has 1 aromatic carbocycles. The molecular weight excluding hydrogens is 334 g/mol. The zero-order chi connectivity index (χ0) is 14.8. The molecule has 0 aliphatic carbocycles. The van der Waals surface area contributed by atoms with Crippen LogP contribution in [0.15, 0.2) is 47.3 Å². The summed E-state index contributed by atoms with van der Waals surface area (Å²) in [4.78, 5) is 19.7. The van der Waals surface area contributed by atoms with E-state index in [9.17, 15) is 4.79 Å². The molecule has 2 heterocycles. The zero-order valence-electron chi connectivity index (χ0n) is 11.3. The third kappa shape index (κ3) is 2.95. The number of esters is 1. The maximum absolute atomic E-state index is 10.9. The second kappa shape index (κ2) is 5.65. The lowest BCUT2D eigenvalue weighted by Crippen LogP contribution is -2.00. The number of halogens is 1. The highest BCUT2D eigenvalue weighted by molar-refractivity contribution is 9.10. The Hall–Kier alpha value is -2.21. The predicted octanol–water partition coefficient (Wildman–Crippen LogP) is 3.25. The van der Waals surface area contributed by atoms with Crippen LogP contribution >= 0.6 is 15.9 Å². The molecule has 0 aliphatic rings. The Balaban J connectivity index is 2.00. The number of hydrogen-bond acceptors (Lipinski definition) is 4. The summed E-state index contributed by atoms with van der Waals surface area (Å²) in [6.07, 6.45) is 1.73. The first-order chi connectivity index (χ1) is 10.1. The monoisotopic (exact) mass is 345 g/mol. The second-order valence-corrected chi connectivity index (χ2v) is 5.35. The van der Waals surface area contributed by atoms with E-state index in [0.717, 1.165) is 27.0 Å². The molecule has 0 fully saturated rings. The molecule has 3 aromatic rings. The zero-order valence-corrected chi connectivity index (χ0v) is 12.9. The van der Waals surface area contributed by atoms with Gasteiger partial charge in [0.2, 0.25) is 0 Å². The SMILES string of the molecule is CC(=O)OCc1cccc(-n2cnc3ccc(Br)nc32)c1. The van der Waals surface area contributed by atoms with Crippen LogP contribution in [-0.4, -0.2) is 20.5 Å². The predicted molar refractivity (Wildman–Crippen MR) is 82.0 cm³/mol. The lowest BCUT2D eigenvalue weighted by molar-refractivity contribution is -0.142. The number of pyridine rings is 1. The fourth-order valence-corrected chi connectivity index (χ4v) is 2.34. The van der Waals surface area contributed by atoms with Crippen LogP contribution in [0.3, 0.4) is 0 Å². The molecule has 0 amide bonds. The number of carbonyl (C=O) groups excluding carboxylic acids is 1. The summed E-state index contributed by atoms with van der Waals surface area (Å²) in [5.74, 6) is -0.293. The highest BCUT2D eigenvalue weighted by atomic mass is 79.9. The van der Waals surface area contributed by atoms with Gasteiger partial charge in [0.15, 0.2) is 5.65 Å². The van der Waals surface area contributed by atoms with Gasteiger partial charge in [0.05, 0.1) is 0 Å². The largest absolute Gasteiger partial charge is 0.461 e. The first-order valence-corrected chi connectivity index (χ1v) is 7.15. The Labute approximate surface area is 129 Å². The maximum Gasteiger partial charge on any atom is 0.302 e. The van der Waals surface area contributed by atoms with Gasteiger partial charge in [0, 0.05) is 12.6 Å². The minimum Gasteiger partial charge on any atom is -0.461 e. The minimum atomic E-state index is -0.293. The van der Waals surface area contributed by atoms with Crippen molar-refractivity contribution in [1.82, 2.24) is 14.5 Å². The fraction of sp³-hybridized carbons (Fsp3) is 0.133.